The first-order valence-corrected chi connectivity index (χ1v) is 8.43. The van der Waals surface area contributed by atoms with Gasteiger partial charge in [-0.1, -0.05) is 32.0 Å². The van der Waals surface area contributed by atoms with E-state index in [2.05, 4.69) is 5.32 Å². The molecule has 2 rings (SSSR count). The zero-order valence-corrected chi connectivity index (χ0v) is 15.4. The van der Waals surface area contributed by atoms with Crippen LogP contribution in [0, 0.1) is 5.92 Å². The van der Waals surface area contributed by atoms with Gasteiger partial charge in [0.05, 0.1) is 7.11 Å². The van der Waals surface area contributed by atoms with E-state index in [-0.39, 0.29) is 12.5 Å². The van der Waals surface area contributed by atoms with Crippen molar-refractivity contribution in [3.63, 3.8) is 0 Å². The first kappa shape index (κ1) is 19.9. The van der Waals surface area contributed by atoms with E-state index >= 15 is 0 Å². The summed E-state index contributed by atoms with van der Waals surface area (Å²) in [7, 11) is 2.61. The summed E-state index contributed by atoms with van der Waals surface area (Å²) in [5, 5.41) is 12.8. The topological polar surface area (TPSA) is 94.1 Å². The Hall–Kier alpha value is -2.38. The summed E-state index contributed by atoms with van der Waals surface area (Å²) in [6.07, 6.45) is 2.28. The third-order valence-electron chi connectivity index (χ3n) is 4.23. The van der Waals surface area contributed by atoms with Gasteiger partial charge in [0.25, 0.3) is 0 Å². The molecule has 0 radical (unpaired) electrons. The maximum atomic E-state index is 12.0. The molecule has 1 aliphatic rings. The summed E-state index contributed by atoms with van der Waals surface area (Å²) in [5.41, 5.74) is 1.11. The summed E-state index contributed by atoms with van der Waals surface area (Å²) in [6, 6.07) is 6.54. The van der Waals surface area contributed by atoms with Crippen LogP contribution in [0.25, 0.3) is 6.08 Å². The molecule has 2 atom stereocenters. The Bertz CT molecular complexity index is 699. The maximum absolute atomic E-state index is 12.0. The van der Waals surface area contributed by atoms with Crippen molar-refractivity contribution in [2.45, 2.75) is 32.1 Å². The lowest BCUT2D eigenvalue weighted by atomic mass is 9.97. The highest BCUT2D eigenvalue weighted by molar-refractivity contribution is 5.85. The molecule has 0 fully saturated rings. The number of hydrogen-bond acceptors (Lipinski definition) is 6. The van der Waals surface area contributed by atoms with Crippen LogP contribution in [0.4, 0.5) is 0 Å². The Balaban J connectivity index is 2.32. The third-order valence-corrected chi connectivity index (χ3v) is 4.23. The third kappa shape index (κ3) is 4.05. The number of benzene rings is 1. The average molecular weight is 363 g/mol. The normalized spacial score (nSPS) is 20.0. The molecule has 0 amide bonds. The number of hydrogen-bond donors (Lipinski definition) is 2. The SMILES string of the molecule is COC(=O)[C@H](CC(C)C)NCC1=Cc2ccccc2OC1(OC)C(=O)O. The van der Waals surface area contributed by atoms with Crippen molar-refractivity contribution in [1.29, 1.82) is 0 Å². The zero-order chi connectivity index (χ0) is 19.3. The molecule has 1 aromatic carbocycles. The molecule has 0 bridgehead atoms. The standard InChI is InChI=1S/C19H25NO6/c1-12(2)9-15(17(21)24-3)20-11-14-10-13-7-5-6-8-16(13)26-19(14,25-4)18(22)23/h5-8,10,12,15,20H,9,11H2,1-4H3,(H,22,23)/t15-,19?/m0/s1. The Kier molecular flexibility index (Phi) is 6.39. The predicted octanol–water partition coefficient (Wildman–Crippen LogP) is 2.07. The molecule has 7 nitrogen and oxygen atoms in total. The molecule has 26 heavy (non-hydrogen) atoms. The van der Waals surface area contributed by atoms with Gasteiger partial charge < -0.3 is 24.6 Å². The fourth-order valence-electron chi connectivity index (χ4n) is 2.91. The molecule has 0 aromatic heterocycles. The summed E-state index contributed by atoms with van der Waals surface area (Å²) in [6.45, 7) is 4.09. The lowest BCUT2D eigenvalue weighted by molar-refractivity contribution is -0.191. The molecular weight excluding hydrogens is 338 g/mol. The van der Waals surface area contributed by atoms with Gasteiger partial charge in [0.2, 0.25) is 0 Å². The van der Waals surface area contributed by atoms with E-state index in [1.54, 1.807) is 18.2 Å². The van der Waals surface area contributed by atoms with Crippen molar-refractivity contribution >= 4 is 18.0 Å². The van der Waals surface area contributed by atoms with Crippen LogP contribution in [-0.2, 0) is 19.1 Å². The van der Waals surface area contributed by atoms with Crippen molar-refractivity contribution in [3.05, 3.63) is 35.4 Å². The van der Waals surface area contributed by atoms with Gasteiger partial charge in [0.1, 0.15) is 11.8 Å². The Morgan fingerprint density at radius 3 is 2.54 bits per heavy atom. The van der Waals surface area contributed by atoms with Crippen molar-refractivity contribution in [3.8, 4) is 5.75 Å². The maximum Gasteiger partial charge on any atom is 0.382 e. The molecule has 0 saturated heterocycles. The van der Waals surface area contributed by atoms with Crippen molar-refractivity contribution < 1.29 is 28.9 Å². The smallest absolute Gasteiger partial charge is 0.382 e. The second-order valence-electron chi connectivity index (χ2n) is 6.52. The summed E-state index contributed by atoms with van der Waals surface area (Å²) >= 11 is 0. The van der Waals surface area contributed by atoms with Crippen LogP contribution in [0.15, 0.2) is 29.8 Å². The fourth-order valence-corrected chi connectivity index (χ4v) is 2.91. The molecular formula is C19H25NO6. The average Bonchev–Trinajstić information content (AvgIpc) is 2.62. The molecule has 0 spiro atoms. The number of ether oxygens (including phenoxy) is 3. The van der Waals surface area contributed by atoms with E-state index in [1.807, 2.05) is 26.0 Å². The first-order valence-electron chi connectivity index (χ1n) is 8.43. The number of esters is 1. The van der Waals surface area contributed by atoms with Gasteiger partial charge in [-0.25, -0.2) is 4.79 Å². The van der Waals surface area contributed by atoms with E-state index in [0.29, 0.717) is 17.7 Å². The predicted molar refractivity (Wildman–Crippen MR) is 95.7 cm³/mol. The number of nitrogens with one attached hydrogen (secondary N) is 1. The number of carbonyl (C=O) groups is 2. The van der Waals surface area contributed by atoms with Crippen LogP contribution < -0.4 is 10.1 Å². The molecule has 1 aromatic rings. The number of rotatable bonds is 8. The summed E-state index contributed by atoms with van der Waals surface area (Å²) < 4.78 is 15.8. The highest BCUT2D eigenvalue weighted by Crippen LogP contribution is 2.36. The molecule has 0 aliphatic carbocycles. The minimum absolute atomic E-state index is 0.0982. The van der Waals surface area contributed by atoms with Gasteiger partial charge >= 0.3 is 17.7 Å². The van der Waals surface area contributed by atoms with Gasteiger partial charge in [0.15, 0.2) is 0 Å². The van der Waals surface area contributed by atoms with E-state index in [0.717, 1.165) is 5.56 Å². The number of fused-ring (bicyclic) bond motifs is 1. The molecule has 0 saturated carbocycles. The number of carboxylic acids is 1. The highest BCUT2D eigenvalue weighted by atomic mass is 16.7. The van der Waals surface area contributed by atoms with Gasteiger partial charge in [0, 0.05) is 24.8 Å². The molecule has 142 valence electrons. The molecule has 1 unspecified atom stereocenters. The van der Waals surface area contributed by atoms with Crippen LogP contribution in [0.5, 0.6) is 5.75 Å². The Morgan fingerprint density at radius 2 is 1.96 bits per heavy atom. The van der Waals surface area contributed by atoms with Gasteiger partial charge in [-0.2, -0.15) is 0 Å². The summed E-state index contributed by atoms with van der Waals surface area (Å²) in [5.74, 6) is -2.92. The lowest BCUT2D eigenvalue weighted by Gasteiger charge is -2.35. The number of para-hydroxylation sites is 1. The lowest BCUT2D eigenvalue weighted by Crippen LogP contribution is -2.53. The quantitative estimate of drug-likeness (QED) is 0.683. The Labute approximate surface area is 152 Å². The van der Waals surface area contributed by atoms with Crippen LogP contribution in [-0.4, -0.2) is 49.6 Å². The van der Waals surface area contributed by atoms with Gasteiger partial charge in [-0.3, -0.25) is 4.79 Å². The second kappa shape index (κ2) is 8.33. The van der Waals surface area contributed by atoms with E-state index in [9.17, 15) is 14.7 Å². The van der Waals surface area contributed by atoms with Gasteiger partial charge in [-0.15, -0.1) is 0 Å². The first-order chi connectivity index (χ1) is 12.3. The Morgan fingerprint density at radius 1 is 1.27 bits per heavy atom. The van der Waals surface area contributed by atoms with Crippen molar-refractivity contribution in [2.24, 2.45) is 5.92 Å². The van der Waals surface area contributed by atoms with E-state index in [1.165, 1.54) is 14.2 Å². The largest absolute Gasteiger partial charge is 0.476 e. The molecule has 1 heterocycles. The molecule has 2 N–H and O–H groups in total. The number of aliphatic carboxylic acids is 1. The van der Waals surface area contributed by atoms with Crippen LogP contribution in [0.1, 0.15) is 25.8 Å². The van der Waals surface area contributed by atoms with Crippen LogP contribution >= 0.6 is 0 Å². The monoisotopic (exact) mass is 363 g/mol. The van der Waals surface area contributed by atoms with Gasteiger partial charge in [-0.05, 0) is 24.5 Å². The second-order valence-corrected chi connectivity index (χ2v) is 6.52. The molecule has 7 heteroatoms. The van der Waals surface area contributed by atoms with Crippen molar-refractivity contribution in [1.82, 2.24) is 5.32 Å². The summed E-state index contributed by atoms with van der Waals surface area (Å²) in [4.78, 5) is 23.9. The minimum Gasteiger partial charge on any atom is -0.476 e. The van der Waals surface area contributed by atoms with Crippen molar-refractivity contribution in [2.75, 3.05) is 20.8 Å². The zero-order valence-electron chi connectivity index (χ0n) is 15.4. The number of carbonyl (C=O) groups excluding carboxylic acids is 1. The number of methoxy groups -OCH3 is 2. The molecule has 1 aliphatic heterocycles. The van der Waals surface area contributed by atoms with Crippen LogP contribution in [0.3, 0.4) is 0 Å². The van der Waals surface area contributed by atoms with Crippen LogP contribution in [0.2, 0.25) is 0 Å². The fraction of sp³-hybridized carbons (Fsp3) is 0.474. The van der Waals surface area contributed by atoms with E-state index in [4.69, 9.17) is 14.2 Å². The minimum atomic E-state index is -1.94. The van der Waals surface area contributed by atoms with E-state index < -0.39 is 23.8 Å². The number of carboxylic acid groups (broad SMARTS) is 1. The highest BCUT2D eigenvalue weighted by Gasteiger charge is 2.48.